The fraction of sp³-hybridized carbons (Fsp3) is 0.533. The minimum atomic E-state index is -4.16. The maximum Gasteiger partial charge on any atom is 0.390 e. The first-order chi connectivity index (χ1) is 10.4. The van der Waals surface area contributed by atoms with Crippen molar-refractivity contribution in [3.8, 4) is 0 Å². The second kappa shape index (κ2) is 11.8. The van der Waals surface area contributed by atoms with Gasteiger partial charge in [0.15, 0.2) is 5.96 Å². The summed E-state index contributed by atoms with van der Waals surface area (Å²) in [6.45, 7) is 4.90. The number of halogens is 4. The van der Waals surface area contributed by atoms with Gasteiger partial charge in [-0.3, -0.25) is 4.99 Å². The van der Waals surface area contributed by atoms with E-state index in [4.69, 9.17) is 0 Å². The molecule has 0 aliphatic heterocycles. The molecule has 23 heavy (non-hydrogen) atoms. The predicted octanol–water partition coefficient (Wildman–Crippen LogP) is 4.21. The van der Waals surface area contributed by atoms with Crippen LogP contribution in [0.4, 0.5) is 13.2 Å². The predicted molar refractivity (Wildman–Crippen MR) is 102 cm³/mol. The lowest BCUT2D eigenvalue weighted by Gasteiger charge is -2.11. The van der Waals surface area contributed by atoms with Gasteiger partial charge in [0.1, 0.15) is 0 Å². The first-order valence-corrected chi connectivity index (χ1v) is 8.17. The number of nitrogens with one attached hydrogen (secondary N) is 2. The molecule has 1 aromatic rings. The number of benzene rings is 1. The fourth-order valence-corrected chi connectivity index (χ4v) is 2.38. The summed E-state index contributed by atoms with van der Waals surface area (Å²) in [5.41, 5.74) is 1.22. The van der Waals surface area contributed by atoms with Gasteiger partial charge in [0.2, 0.25) is 0 Å². The molecule has 0 spiro atoms. The van der Waals surface area contributed by atoms with Crippen molar-refractivity contribution in [1.82, 2.24) is 10.6 Å². The van der Waals surface area contributed by atoms with Gasteiger partial charge in [0.05, 0.1) is 13.0 Å². The average molecular weight is 461 g/mol. The SMILES string of the molecule is CCNC(=NCCC(F)(F)F)NCCSc1ccc(C)cc1.I. The van der Waals surface area contributed by atoms with Gasteiger partial charge in [-0.2, -0.15) is 13.2 Å². The molecule has 1 aromatic carbocycles. The summed E-state index contributed by atoms with van der Waals surface area (Å²) >= 11 is 1.69. The van der Waals surface area contributed by atoms with Crippen LogP contribution in [0.1, 0.15) is 18.9 Å². The van der Waals surface area contributed by atoms with Crippen LogP contribution >= 0.6 is 35.7 Å². The quantitative estimate of drug-likeness (QED) is 0.210. The Morgan fingerprint density at radius 3 is 2.39 bits per heavy atom. The van der Waals surface area contributed by atoms with E-state index in [0.29, 0.717) is 19.0 Å². The first-order valence-electron chi connectivity index (χ1n) is 7.19. The summed E-state index contributed by atoms with van der Waals surface area (Å²) in [6.07, 6.45) is -5.07. The monoisotopic (exact) mass is 461 g/mol. The van der Waals surface area contributed by atoms with Crippen molar-refractivity contribution in [1.29, 1.82) is 0 Å². The Morgan fingerprint density at radius 1 is 1.17 bits per heavy atom. The first kappa shape index (κ1) is 22.4. The van der Waals surface area contributed by atoms with Gasteiger partial charge in [0, 0.05) is 23.7 Å². The Balaban J connectivity index is 0.00000484. The molecule has 0 amide bonds. The zero-order valence-electron chi connectivity index (χ0n) is 13.2. The lowest BCUT2D eigenvalue weighted by molar-refractivity contribution is -0.132. The third-order valence-corrected chi connectivity index (χ3v) is 3.71. The van der Waals surface area contributed by atoms with Gasteiger partial charge in [0.25, 0.3) is 0 Å². The molecule has 0 aliphatic rings. The molecule has 0 radical (unpaired) electrons. The lowest BCUT2D eigenvalue weighted by atomic mass is 10.2. The van der Waals surface area contributed by atoms with Crippen LogP contribution in [0, 0.1) is 6.92 Å². The van der Waals surface area contributed by atoms with Crippen LogP contribution in [0.25, 0.3) is 0 Å². The largest absolute Gasteiger partial charge is 0.390 e. The molecule has 0 atom stereocenters. The minimum Gasteiger partial charge on any atom is -0.357 e. The highest BCUT2D eigenvalue weighted by atomic mass is 127. The fourth-order valence-electron chi connectivity index (χ4n) is 1.61. The Kier molecular flexibility index (Phi) is 11.5. The highest BCUT2D eigenvalue weighted by molar-refractivity contribution is 14.0. The van der Waals surface area contributed by atoms with Gasteiger partial charge >= 0.3 is 6.18 Å². The number of rotatable bonds is 7. The zero-order chi connectivity index (χ0) is 16.4. The van der Waals surface area contributed by atoms with Crippen LogP contribution in [-0.4, -0.2) is 37.5 Å². The van der Waals surface area contributed by atoms with Crippen LogP contribution in [0.3, 0.4) is 0 Å². The van der Waals surface area contributed by atoms with E-state index in [9.17, 15) is 13.2 Å². The van der Waals surface area contributed by atoms with E-state index < -0.39 is 12.6 Å². The number of hydrogen-bond donors (Lipinski definition) is 2. The summed E-state index contributed by atoms with van der Waals surface area (Å²) in [7, 11) is 0. The number of hydrogen-bond acceptors (Lipinski definition) is 2. The highest BCUT2D eigenvalue weighted by Crippen LogP contribution is 2.19. The number of aliphatic imine (C=N–C) groups is 1. The Hall–Kier alpha value is -0.640. The topological polar surface area (TPSA) is 36.4 Å². The summed E-state index contributed by atoms with van der Waals surface area (Å²) in [5, 5.41) is 5.98. The van der Waals surface area contributed by atoms with Crippen LogP contribution in [-0.2, 0) is 0 Å². The molecule has 0 fully saturated rings. The summed E-state index contributed by atoms with van der Waals surface area (Å²) < 4.78 is 36.3. The molecule has 0 saturated carbocycles. The van der Waals surface area contributed by atoms with E-state index in [2.05, 4.69) is 39.9 Å². The third-order valence-electron chi connectivity index (χ3n) is 2.69. The second-order valence-corrected chi connectivity index (χ2v) is 5.88. The number of thioether (sulfide) groups is 1. The van der Waals surface area contributed by atoms with Crippen molar-refractivity contribution in [2.75, 3.05) is 25.4 Å². The maximum atomic E-state index is 12.1. The molecule has 132 valence electrons. The molecule has 8 heteroatoms. The third kappa shape index (κ3) is 11.5. The van der Waals surface area contributed by atoms with Crippen LogP contribution in [0.15, 0.2) is 34.2 Å². The van der Waals surface area contributed by atoms with Crippen molar-refractivity contribution in [2.45, 2.75) is 31.3 Å². The maximum absolute atomic E-state index is 12.1. The molecule has 0 aromatic heterocycles. The van der Waals surface area contributed by atoms with Crippen LogP contribution in [0.5, 0.6) is 0 Å². The van der Waals surface area contributed by atoms with Crippen molar-refractivity contribution < 1.29 is 13.2 Å². The smallest absolute Gasteiger partial charge is 0.357 e. The molecule has 0 heterocycles. The molecule has 0 aliphatic carbocycles. The number of nitrogens with zero attached hydrogens (tertiary/aromatic N) is 1. The van der Waals surface area contributed by atoms with Gasteiger partial charge < -0.3 is 10.6 Å². The summed E-state index contributed by atoms with van der Waals surface area (Å²) in [4.78, 5) is 5.09. The summed E-state index contributed by atoms with van der Waals surface area (Å²) in [5.74, 6) is 1.24. The molecular formula is C15H23F3IN3S. The Labute approximate surface area is 156 Å². The van der Waals surface area contributed by atoms with E-state index in [-0.39, 0.29) is 30.5 Å². The Bertz CT molecular complexity index is 464. The van der Waals surface area contributed by atoms with E-state index >= 15 is 0 Å². The number of alkyl halides is 3. The van der Waals surface area contributed by atoms with Gasteiger partial charge in [-0.05, 0) is 26.0 Å². The Morgan fingerprint density at radius 2 is 1.83 bits per heavy atom. The van der Waals surface area contributed by atoms with Crippen LogP contribution in [0.2, 0.25) is 0 Å². The zero-order valence-corrected chi connectivity index (χ0v) is 16.4. The second-order valence-electron chi connectivity index (χ2n) is 4.71. The molecule has 0 bridgehead atoms. The molecule has 3 nitrogen and oxygen atoms in total. The van der Waals surface area contributed by atoms with Gasteiger partial charge in [-0.25, -0.2) is 0 Å². The van der Waals surface area contributed by atoms with E-state index in [1.165, 1.54) is 10.5 Å². The standard InChI is InChI=1S/C15H22F3N3S.HI/c1-3-19-14(20-9-8-15(16,17)18)21-10-11-22-13-6-4-12(2)5-7-13;/h4-7H,3,8-11H2,1-2H3,(H2,19,20,21);1H. The highest BCUT2D eigenvalue weighted by Gasteiger charge is 2.26. The normalized spacial score (nSPS) is 11.8. The van der Waals surface area contributed by atoms with Crippen molar-refractivity contribution in [3.63, 3.8) is 0 Å². The van der Waals surface area contributed by atoms with Crippen LogP contribution < -0.4 is 10.6 Å². The molecule has 0 saturated heterocycles. The average Bonchev–Trinajstić information content (AvgIpc) is 2.44. The van der Waals surface area contributed by atoms with E-state index in [0.717, 1.165) is 5.75 Å². The van der Waals surface area contributed by atoms with Crippen molar-refractivity contribution >= 4 is 41.7 Å². The molecular weight excluding hydrogens is 438 g/mol. The minimum absolute atomic E-state index is 0. The van der Waals surface area contributed by atoms with Crippen molar-refractivity contribution in [2.24, 2.45) is 4.99 Å². The van der Waals surface area contributed by atoms with Crippen molar-refractivity contribution in [3.05, 3.63) is 29.8 Å². The lowest BCUT2D eigenvalue weighted by Crippen LogP contribution is -2.38. The molecule has 0 unspecified atom stereocenters. The van der Waals surface area contributed by atoms with E-state index in [1.54, 1.807) is 11.8 Å². The van der Waals surface area contributed by atoms with Gasteiger partial charge in [-0.15, -0.1) is 35.7 Å². The van der Waals surface area contributed by atoms with Gasteiger partial charge in [-0.1, -0.05) is 17.7 Å². The van der Waals surface area contributed by atoms with E-state index in [1.807, 2.05) is 13.8 Å². The summed E-state index contributed by atoms with van der Waals surface area (Å²) in [6, 6.07) is 8.22. The molecule has 2 N–H and O–H groups in total. The number of guanidine groups is 1. The number of aryl methyl sites for hydroxylation is 1. The molecule has 1 rings (SSSR count).